The molecule has 2 N–H and O–H groups in total. The Morgan fingerprint density at radius 2 is 1.94 bits per heavy atom. The van der Waals surface area contributed by atoms with Crippen molar-refractivity contribution in [3.8, 4) is 0 Å². The van der Waals surface area contributed by atoms with Crippen LogP contribution in [0.3, 0.4) is 0 Å². The van der Waals surface area contributed by atoms with Crippen molar-refractivity contribution in [2.75, 3.05) is 6.54 Å². The quantitative estimate of drug-likeness (QED) is 0.850. The van der Waals surface area contributed by atoms with Crippen molar-refractivity contribution in [2.24, 2.45) is 0 Å². The van der Waals surface area contributed by atoms with Crippen molar-refractivity contribution in [1.29, 1.82) is 0 Å². The van der Waals surface area contributed by atoms with Gasteiger partial charge in [-0.05, 0) is 18.6 Å². The number of aromatic nitrogens is 1. The molecule has 2 aromatic rings. The summed E-state index contributed by atoms with van der Waals surface area (Å²) in [6.45, 7) is 1.12. The zero-order valence-corrected chi connectivity index (χ0v) is 9.36. The second kappa shape index (κ2) is 4.41. The van der Waals surface area contributed by atoms with E-state index in [0.29, 0.717) is 0 Å². The van der Waals surface area contributed by atoms with Gasteiger partial charge < -0.3 is 10.3 Å². The monoisotopic (exact) mass is 242 g/mol. The Morgan fingerprint density at radius 1 is 1.24 bits per heavy atom. The summed E-state index contributed by atoms with van der Waals surface area (Å²) in [7, 11) is 0. The molecule has 1 aromatic heterocycles. The van der Waals surface area contributed by atoms with Gasteiger partial charge in [0.25, 0.3) is 0 Å². The number of fused-ring (bicyclic) bond motifs is 1. The van der Waals surface area contributed by atoms with Crippen molar-refractivity contribution < 1.29 is 13.2 Å². The predicted molar refractivity (Wildman–Crippen MR) is 60.8 cm³/mol. The number of hydrogen-bond acceptors (Lipinski definition) is 1. The van der Waals surface area contributed by atoms with Crippen LogP contribution >= 0.6 is 0 Å². The zero-order chi connectivity index (χ0) is 12.5. The van der Waals surface area contributed by atoms with Crippen LogP contribution in [0.15, 0.2) is 24.3 Å². The Balaban J connectivity index is 2.15. The van der Waals surface area contributed by atoms with Crippen molar-refractivity contribution in [1.82, 2.24) is 10.3 Å². The molecule has 2 rings (SSSR count). The van der Waals surface area contributed by atoms with Crippen LogP contribution < -0.4 is 5.32 Å². The molecule has 17 heavy (non-hydrogen) atoms. The Kier molecular flexibility index (Phi) is 3.11. The van der Waals surface area contributed by atoms with Gasteiger partial charge in [-0.3, -0.25) is 0 Å². The van der Waals surface area contributed by atoms with Gasteiger partial charge in [-0.25, -0.2) is 0 Å². The standard InChI is InChI=1S/C12H13F3N2/c1-8-10(6-16-7-12(13,14)15)9-4-2-3-5-11(9)17-8/h2-5,16-17H,6-7H2,1H3. The van der Waals surface area contributed by atoms with Gasteiger partial charge in [0, 0.05) is 23.1 Å². The maximum atomic E-state index is 12.0. The second-order valence-electron chi connectivity index (χ2n) is 3.99. The van der Waals surface area contributed by atoms with Crippen LogP contribution in [-0.2, 0) is 6.54 Å². The SMILES string of the molecule is Cc1[nH]c2ccccc2c1CNCC(F)(F)F. The van der Waals surface area contributed by atoms with E-state index in [1.165, 1.54) is 0 Å². The Hall–Kier alpha value is -1.49. The highest BCUT2D eigenvalue weighted by atomic mass is 19.4. The summed E-state index contributed by atoms with van der Waals surface area (Å²) in [5.41, 5.74) is 2.75. The van der Waals surface area contributed by atoms with E-state index in [9.17, 15) is 13.2 Å². The Labute approximate surface area is 96.8 Å². The summed E-state index contributed by atoms with van der Waals surface area (Å²) in [4.78, 5) is 3.15. The Bertz CT molecular complexity index is 514. The second-order valence-corrected chi connectivity index (χ2v) is 3.99. The van der Waals surface area contributed by atoms with E-state index >= 15 is 0 Å². The third-order valence-electron chi connectivity index (χ3n) is 2.65. The van der Waals surface area contributed by atoms with Gasteiger partial charge in [-0.15, -0.1) is 0 Å². The van der Waals surface area contributed by atoms with E-state index in [0.717, 1.165) is 22.2 Å². The first-order valence-corrected chi connectivity index (χ1v) is 5.31. The number of H-pyrrole nitrogens is 1. The van der Waals surface area contributed by atoms with Gasteiger partial charge in [0.1, 0.15) is 0 Å². The number of rotatable bonds is 3. The molecule has 1 aromatic carbocycles. The maximum Gasteiger partial charge on any atom is 0.401 e. The fraction of sp³-hybridized carbons (Fsp3) is 0.333. The number of para-hydroxylation sites is 1. The lowest BCUT2D eigenvalue weighted by atomic mass is 10.1. The fourth-order valence-electron chi connectivity index (χ4n) is 1.89. The minimum Gasteiger partial charge on any atom is -0.358 e. The van der Waals surface area contributed by atoms with Crippen LogP contribution in [0.1, 0.15) is 11.3 Å². The lowest BCUT2D eigenvalue weighted by Crippen LogP contribution is -2.28. The first kappa shape index (κ1) is 12.0. The minimum absolute atomic E-state index is 0.218. The van der Waals surface area contributed by atoms with Crippen LogP contribution in [0.4, 0.5) is 13.2 Å². The molecule has 0 atom stereocenters. The van der Waals surface area contributed by atoms with E-state index < -0.39 is 12.7 Å². The highest BCUT2D eigenvalue weighted by molar-refractivity contribution is 5.84. The fourth-order valence-corrected chi connectivity index (χ4v) is 1.89. The molecule has 0 spiro atoms. The van der Waals surface area contributed by atoms with E-state index in [-0.39, 0.29) is 6.54 Å². The normalized spacial score (nSPS) is 12.2. The van der Waals surface area contributed by atoms with Gasteiger partial charge in [-0.1, -0.05) is 18.2 Å². The van der Waals surface area contributed by atoms with Crippen LogP contribution in [0, 0.1) is 6.92 Å². The molecule has 5 heteroatoms. The lowest BCUT2D eigenvalue weighted by molar-refractivity contribution is -0.125. The van der Waals surface area contributed by atoms with E-state index in [2.05, 4.69) is 10.3 Å². The largest absolute Gasteiger partial charge is 0.401 e. The number of alkyl halides is 3. The highest BCUT2D eigenvalue weighted by Gasteiger charge is 2.26. The van der Waals surface area contributed by atoms with Crippen molar-refractivity contribution in [2.45, 2.75) is 19.6 Å². The molecule has 92 valence electrons. The maximum absolute atomic E-state index is 12.0. The molecule has 0 fully saturated rings. The molecule has 1 heterocycles. The van der Waals surface area contributed by atoms with Gasteiger partial charge in [-0.2, -0.15) is 13.2 Å². The predicted octanol–water partition coefficient (Wildman–Crippen LogP) is 3.13. The van der Waals surface area contributed by atoms with Crippen molar-refractivity contribution in [3.05, 3.63) is 35.5 Å². The molecule has 2 nitrogen and oxygen atoms in total. The van der Waals surface area contributed by atoms with Gasteiger partial charge in [0.2, 0.25) is 0 Å². The van der Waals surface area contributed by atoms with Crippen LogP contribution in [0.2, 0.25) is 0 Å². The number of aryl methyl sites for hydroxylation is 1. The van der Waals surface area contributed by atoms with Crippen LogP contribution in [0.5, 0.6) is 0 Å². The van der Waals surface area contributed by atoms with E-state index in [1.807, 2.05) is 31.2 Å². The molecule has 0 unspecified atom stereocenters. The summed E-state index contributed by atoms with van der Waals surface area (Å²) in [6.07, 6.45) is -4.17. The van der Waals surface area contributed by atoms with Gasteiger partial charge in [0.15, 0.2) is 0 Å². The van der Waals surface area contributed by atoms with Gasteiger partial charge >= 0.3 is 6.18 Å². The molecule has 0 aliphatic rings. The number of halogens is 3. The molecule has 0 radical (unpaired) electrons. The molecule has 0 saturated heterocycles. The zero-order valence-electron chi connectivity index (χ0n) is 9.36. The molecule has 0 bridgehead atoms. The summed E-state index contributed by atoms with van der Waals surface area (Å²) >= 11 is 0. The third-order valence-corrected chi connectivity index (χ3v) is 2.65. The smallest absolute Gasteiger partial charge is 0.358 e. The van der Waals surface area contributed by atoms with Crippen molar-refractivity contribution >= 4 is 10.9 Å². The highest BCUT2D eigenvalue weighted by Crippen LogP contribution is 2.22. The van der Waals surface area contributed by atoms with Crippen LogP contribution in [0.25, 0.3) is 10.9 Å². The Morgan fingerprint density at radius 3 is 2.65 bits per heavy atom. The summed E-state index contributed by atoms with van der Waals surface area (Å²) in [5, 5.41) is 3.39. The van der Waals surface area contributed by atoms with E-state index in [4.69, 9.17) is 0 Å². The van der Waals surface area contributed by atoms with Crippen LogP contribution in [-0.4, -0.2) is 17.7 Å². The molecular formula is C12H13F3N2. The average Bonchev–Trinajstić information content (AvgIpc) is 2.54. The van der Waals surface area contributed by atoms with Crippen molar-refractivity contribution in [3.63, 3.8) is 0 Å². The minimum atomic E-state index is -4.17. The first-order chi connectivity index (χ1) is 7.97. The van der Waals surface area contributed by atoms with Gasteiger partial charge in [0.05, 0.1) is 6.54 Å². The lowest BCUT2D eigenvalue weighted by Gasteiger charge is -2.08. The summed E-state index contributed by atoms with van der Waals surface area (Å²) in [6, 6.07) is 7.59. The molecular weight excluding hydrogens is 229 g/mol. The van der Waals surface area contributed by atoms with E-state index in [1.54, 1.807) is 0 Å². The summed E-state index contributed by atoms with van der Waals surface area (Å²) in [5.74, 6) is 0. The first-order valence-electron chi connectivity index (χ1n) is 5.31. The molecule has 0 aliphatic carbocycles. The summed E-state index contributed by atoms with van der Waals surface area (Å²) < 4.78 is 36.1. The molecule has 0 amide bonds. The number of benzene rings is 1. The number of hydrogen-bond donors (Lipinski definition) is 2. The number of nitrogens with one attached hydrogen (secondary N) is 2. The number of aromatic amines is 1. The molecule has 0 saturated carbocycles. The third kappa shape index (κ3) is 2.79. The molecule has 0 aliphatic heterocycles. The topological polar surface area (TPSA) is 27.8 Å². The average molecular weight is 242 g/mol.